The Morgan fingerprint density at radius 3 is 1.19 bits per heavy atom. The topological polar surface area (TPSA) is 70.5 Å². The van der Waals surface area contributed by atoms with Gasteiger partial charge >= 0.3 is 0 Å². The Morgan fingerprint density at radius 2 is 0.762 bits per heavy atom. The molecule has 1 aliphatic rings. The maximum Gasteiger partial charge on any atom is 0.132 e. The normalized spacial score (nSPS) is 13.0. The number of anilines is 2. The van der Waals surface area contributed by atoms with E-state index in [9.17, 15) is 0 Å². The van der Waals surface area contributed by atoms with Gasteiger partial charge in [0.05, 0.1) is 5.41 Å². The van der Waals surface area contributed by atoms with Crippen LogP contribution in [0.1, 0.15) is 33.4 Å². The molecule has 0 saturated heterocycles. The van der Waals surface area contributed by atoms with Crippen LogP contribution in [0.2, 0.25) is 0 Å². The van der Waals surface area contributed by atoms with Gasteiger partial charge in [-0.3, -0.25) is 0 Å². The molecule has 0 atom stereocenters. The Bertz CT molecular complexity index is 1740. The van der Waals surface area contributed by atoms with E-state index in [1.54, 1.807) is 0 Å². The summed E-state index contributed by atoms with van der Waals surface area (Å²) in [6, 6.07) is 49.1. The summed E-state index contributed by atoms with van der Waals surface area (Å²) in [6.45, 7) is 0. The molecule has 0 unspecified atom stereocenters. The zero-order chi connectivity index (χ0) is 28.5. The SMILES string of the molecule is Nc1ccc(Oc2ccccc2C2(c3ccccc3Oc3ccc(N)cc3)c3ccccc3Cc3ccccc32)cc1. The molecular formula is C38H30N2O2. The number of hydrogen-bond donors (Lipinski definition) is 2. The number of ether oxygens (including phenoxy) is 2. The van der Waals surface area contributed by atoms with E-state index in [-0.39, 0.29) is 0 Å². The van der Waals surface area contributed by atoms with E-state index in [0.29, 0.717) is 11.4 Å². The van der Waals surface area contributed by atoms with Crippen molar-refractivity contribution in [2.75, 3.05) is 11.5 Å². The van der Waals surface area contributed by atoms with E-state index in [1.807, 2.05) is 72.8 Å². The van der Waals surface area contributed by atoms with Crippen LogP contribution in [0.3, 0.4) is 0 Å². The van der Waals surface area contributed by atoms with Crippen molar-refractivity contribution >= 4 is 11.4 Å². The number of nitrogen functional groups attached to an aromatic ring is 2. The van der Waals surface area contributed by atoms with Gasteiger partial charge in [-0.1, -0.05) is 84.9 Å². The van der Waals surface area contributed by atoms with Crippen molar-refractivity contribution in [3.8, 4) is 23.0 Å². The maximum atomic E-state index is 6.66. The first-order valence-corrected chi connectivity index (χ1v) is 14.1. The lowest BCUT2D eigenvalue weighted by atomic mass is 9.59. The third-order valence-corrected chi connectivity index (χ3v) is 8.02. The predicted molar refractivity (Wildman–Crippen MR) is 169 cm³/mol. The molecule has 4 heteroatoms. The Hall–Kier alpha value is -5.48. The third-order valence-electron chi connectivity index (χ3n) is 8.02. The molecule has 0 fully saturated rings. The molecule has 0 heterocycles. The fourth-order valence-corrected chi connectivity index (χ4v) is 6.21. The smallest absolute Gasteiger partial charge is 0.132 e. The Labute approximate surface area is 245 Å². The van der Waals surface area contributed by atoms with Crippen molar-refractivity contribution in [1.82, 2.24) is 0 Å². The molecule has 6 aromatic carbocycles. The zero-order valence-corrected chi connectivity index (χ0v) is 23.0. The average Bonchev–Trinajstić information content (AvgIpc) is 3.03. The Kier molecular flexibility index (Phi) is 6.37. The molecule has 0 saturated carbocycles. The zero-order valence-electron chi connectivity index (χ0n) is 23.0. The fraction of sp³-hybridized carbons (Fsp3) is 0.0526. The van der Waals surface area contributed by atoms with Gasteiger partial charge in [-0.15, -0.1) is 0 Å². The molecule has 0 spiro atoms. The molecule has 1 aliphatic carbocycles. The first-order chi connectivity index (χ1) is 20.6. The van der Waals surface area contributed by atoms with Crippen molar-refractivity contribution < 1.29 is 9.47 Å². The van der Waals surface area contributed by atoms with Gasteiger partial charge in [0.1, 0.15) is 23.0 Å². The number of fused-ring (bicyclic) bond motifs is 2. The maximum absolute atomic E-state index is 6.66. The minimum Gasteiger partial charge on any atom is -0.457 e. The van der Waals surface area contributed by atoms with E-state index < -0.39 is 5.41 Å². The van der Waals surface area contributed by atoms with Gasteiger partial charge in [-0.05, 0) is 89.3 Å². The van der Waals surface area contributed by atoms with Gasteiger partial charge in [0.15, 0.2) is 0 Å². The highest BCUT2D eigenvalue weighted by molar-refractivity contribution is 5.71. The standard InChI is InChI=1S/C38H30N2O2/c39-28-17-21-30(22-18-28)41-36-15-7-5-13-34(36)38(32-11-3-1-9-26(32)25-27-10-2-4-12-33(27)38)35-14-6-8-16-37(35)42-31-23-19-29(40)20-24-31/h1-24H,25,39-40H2. The quantitative estimate of drug-likeness (QED) is 0.205. The summed E-state index contributed by atoms with van der Waals surface area (Å²) < 4.78 is 13.3. The van der Waals surface area contributed by atoms with Crippen LogP contribution in [-0.4, -0.2) is 0 Å². The summed E-state index contributed by atoms with van der Waals surface area (Å²) in [6.07, 6.45) is 0.843. The lowest BCUT2D eigenvalue weighted by Crippen LogP contribution is -2.36. The molecule has 0 bridgehead atoms. The van der Waals surface area contributed by atoms with E-state index in [4.69, 9.17) is 20.9 Å². The molecule has 4 nitrogen and oxygen atoms in total. The number of nitrogens with two attached hydrogens (primary N) is 2. The van der Waals surface area contributed by atoms with Crippen LogP contribution in [0.15, 0.2) is 146 Å². The summed E-state index contributed by atoms with van der Waals surface area (Å²) in [7, 11) is 0. The van der Waals surface area contributed by atoms with Gasteiger partial charge in [0, 0.05) is 22.5 Å². The van der Waals surface area contributed by atoms with Crippen LogP contribution in [0.25, 0.3) is 0 Å². The molecule has 6 aromatic rings. The summed E-state index contributed by atoms with van der Waals surface area (Å²) in [5.74, 6) is 2.96. The van der Waals surface area contributed by atoms with E-state index in [0.717, 1.165) is 40.5 Å². The van der Waals surface area contributed by atoms with Crippen molar-refractivity contribution in [2.45, 2.75) is 11.8 Å². The lowest BCUT2D eigenvalue weighted by molar-refractivity contribution is 0.454. The molecule has 0 aromatic heterocycles. The second-order valence-corrected chi connectivity index (χ2v) is 10.6. The van der Waals surface area contributed by atoms with Gasteiger partial charge < -0.3 is 20.9 Å². The van der Waals surface area contributed by atoms with Crippen LogP contribution in [0.4, 0.5) is 11.4 Å². The number of para-hydroxylation sites is 2. The first-order valence-electron chi connectivity index (χ1n) is 14.1. The minimum absolute atomic E-state index is 0.691. The lowest BCUT2D eigenvalue weighted by Gasteiger charge is -2.43. The van der Waals surface area contributed by atoms with Gasteiger partial charge in [0.25, 0.3) is 0 Å². The van der Waals surface area contributed by atoms with Crippen LogP contribution >= 0.6 is 0 Å². The average molecular weight is 547 g/mol. The molecule has 0 amide bonds. The van der Waals surface area contributed by atoms with E-state index >= 15 is 0 Å². The van der Waals surface area contributed by atoms with Gasteiger partial charge in [-0.2, -0.15) is 0 Å². The molecule has 7 rings (SSSR count). The van der Waals surface area contributed by atoms with Crippen molar-refractivity contribution in [3.05, 3.63) is 179 Å². The van der Waals surface area contributed by atoms with Crippen molar-refractivity contribution in [3.63, 3.8) is 0 Å². The van der Waals surface area contributed by atoms with Crippen LogP contribution < -0.4 is 20.9 Å². The molecule has 42 heavy (non-hydrogen) atoms. The van der Waals surface area contributed by atoms with E-state index in [2.05, 4.69) is 72.8 Å². The highest BCUT2D eigenvalue weighted by atomic mass is 16.5. The van der Waals surface area contributed by atoms with Gasteiger partial charge in [0.2, 0.25) is 0 Å². The molecule has 204 valence electrons. The first kappa shape index (κ1) is 25.5. The molecule has 0 radical (unpaired) electrons. The highest BCUT2D eigenvalue weighted by Gasteiger charge is 2.47. The molecule has 4 N–H and O–H groups in total. The second kappa shape index (κ2) is 10.5. The largest absolute Gasteiger partial charge is 0.457 e. The fourth-order valence-electron chi connectivity index (χ4n) is 6.21. The summed E-state index contributed by atoms with van der Waals surface area (Å²) in [4.78, 5) is 0. The van der Waals surface area contributed by atoms with Crippen LogP contribution in [0.5, 0.6) is 23.0 Å². The predicted octanol–water partition coefficient (Wildman–Crippen LogP) is 8.72. The number of hydrogen-bond acceptors (Lipinski definition) is 4. The molecule has 0 aliphatic heterocycles. The van der Waals surface area contributed by atoms with Crippen molar-refractivity contribution in [1.29, 1.82) is 0 Å². The second-order valence-electron chi connectivity index (χ2n) is 10.6. The number of rotatable bonds is 6. The monoisotopic (exact) mass is 546 g/mol. The minimum atomic E-state index is -0.736. The Balaban J connectivity index is 1.54. The van der Waals surface area contributed by atoms with Crippen LogP contribution in [-0.2, 0) is 11.8 Å². The summed E-state index contributed by atoms with van der Waals surface area (Å²) >= 11 is 0. The number of benzene rings is 6. The third kappa shape index (κ3) is 4.34. The summed E-state index contributed by atoms with van der Waals surface area (Å²) in [5, 5.41) is 0. The van der Waals surface area contributed by atoms with Crippen molar-refractivity contribution in [2.24, 2.45) is 0 Å². The summed E-state index contributed by atoms with van der Waals surface area (Å²) in [5.41, 5.74) is 19.6. The highest BCUT2D eigenvalue weighted by Crippen LogP contribution is 2.55. The molecular weight excluding hydrogens is 516 g/mol. The van der Waals surface area contributed by atoms with Crippen LogP contribution in [0, 0.1) is 0 Å². The van der Waals surface area contributed by atoms with E-state index in [1.165, 1.54) is 22.3 Å². The van der Waals surface area contributed by atoms with Gasteiger partial charge in [-0.25, -0.2) is 0 Å². The Morgan fingerprint density at radius 1 is 0.405 bits per heavy atom.